The Labute approximate surface area is 144 Å². The number of halogens is 1. The summed E-state index contributed by atoms with van der Waals surface area (Å²) in [6.07, 6.45) is -0.993. The lowest BCUT2D eigenvalue weighted by molar-refractivity contribution is -0.133. The minimum atomic E-state index is -1.46. The molecule has 0 saturated carbocycles. The molecule has 4 nitrogen and oxygen atoms in total. The molecule has 2 unspecified atom stereocenters. The number of Topliss-reactive ketones (excluding diaryl/α,β-unsaturated/α-hetero) is 1. The summed E-state index contributed by atoms with van der Waals surface area (Å²) in [5, 5.41) is 9.27. The highest BCUT2D eigenvalue weighted by Crippen LogP contribution is 2.32. The zero-order valence-corrected chi connectivity index (χ0v) is 13.6. The molecule has 1 aliphatic heterocycles. The van der Waals surface area contributed by atoms with Crippen molar-refractivity contribution in [2.24, 2.45) is 0 Å². The molecule has 5 heteroatoms. The molecule has 25 heavy (non-hydrogen) atoms. The van der Waals surface area contributed by atoms with E-state index in [2.05, 4.69) is 0 Å². The van der Waals surface area contributed by atoms with E-state index in [1.807, 2.05) is 30.3 Å². The molecule has 0 saturated heterocycles. The van der Waals surface area contributed by atoms with Crippen molar-refractivity contribution in [3.8, 4) is 5.75 Å². The number of ether oxygens (including phenoxy) is 1. The SMILES string of the molecule is CC(F)C1Oc2ccc(C(=O)Cc3ccccc3)cc2C=C1C(=O)O. The van der Waals surface area contributed by atoms with Crippen LogP contribution in [0.2, 0.25) is 0 Å². The number of hydrogen-bond donors (Lipinski definition) is 1. The molecule has 3 rings (SSSR count). The first-order valence-corrected chi connectivity index (χ1v) is 7.92. The van der Waals surface area contributed by atoms with Crippen molar-refractivity contribution in [1.82, 2.24) is 0 Å². The Morgan fingerprint density at radius 3 is 2.56 bits per heavy atom. The van der Waals surface area contributed by atoms with Gasteiger partial charge >= 0.3 is 5.97 Å². The third-order valence-corrected chi connectivity index (χ3v) is 4.07. The van der Waals surface area contributed by atoms with Gasteiger partial charge < -0.3 is 9.84 Å². The maximum absolute atomic E-state index is 13.7. The Hall–Kier alpha value is -2.95. The Morgan fingerprint density at radius 1 is 1.20 bits per heavy atom. The van der Waals surface area contributed by atoms with Gasteiger partial charge in [-0.2, -0.15) is 0 Å². The molecular formula is C20H17FO4. The largest absolute Gasteiger partial charge is 0.482 e. The average Bonchev–Trinajstić information content (AvgIpc) is 2.60. The second-order valence-electron chi connectivity index (χ2n) is 5.96. The van der Waals surface area contributed by atoms with Crippen molar-refractivity contribution in [1.29, 1.82) is 0 Å². The maximum Gasteiger partial charge on any atom is 0.335 e. The van der Waals surface area contributed by atoms with Crippen LogP contribution >= 0.6 is 0 Å². The van der Waals surface area contributed by atoms with Crippen LogP contribution in [0.25, 0.3) is 6.08 Å². The summed E-state index contributed by atoms with van der Waals surface area (Å²) >= 11 is 0. The summed E-state index contributed by atoms with van der Waals surface area (Å²) in [7, 11) is 0. The number of rotatable bonds is 5. The molecule has 2 aromatic carbocycles. The second kappa shape index (κ2) is 6.89. The Bertz CT molecular complexity index is 840. The topological polar surface area (TPSA) is 63.6 Å². The monoisotopic (exact) mass is 340 g/mol. The smallest absolute Gasteiger partial charge is 0.335 e. The molecule has 0 aliphatic carbocycles. The van der Waals surface area contributed by atoms with Crippen molar-refractivity contribution in [2.75, 3.05) is 0 Å². The number of benzene rings is 2. The summed E-state index contributed by atoms with van der Waals surface area (Å²) in [6, 6.07) is 14.1. The summed E-state index contributed by atoms with van der Waals surface area (Å²) in [5.41, 5.74) is 1.66. The fraction of sp³-hybridized carbons (Fsp3) is 0.200. The summed E-state index contributed by atoms with van der Waals surface area (Å²) < 4.78 is 19.1. The van der Waals surface area contributed by atoms with E-state index in [1.54, 1.807) is 18.2 Å². The van der Waals surface area contributed by atoms with E-state index >= 15 is 0 Å². The van der Waals surface area contributed by atoms with Crippen LogP contribution in [-0.2, 0) is 11.2 Å². The molecule has 2 atom stereocenters. The Morgan fingerprint density at radius 2 is 1.92 bits per heavy atom. The third kappa shape index (κ3) is 3.60. The van der Waals surface area contributed by atoms with Crippen molar-refractivity contribution < 1.29 is 23.8 Å². The number of carboxylic acids is 1. The molecule has 0 bridgehead atoms. The van der Waals surface area contributed by atoms with Gasteiger partial charge in [-0.05, 0) is 36.8 Å². The standard InChI is InChI=1S/C20H17FO4/c1-12(21)19-16(20(23)24)11-15-10-14(7-8-18(15)25-19)17(22)9-13-5-3-2-4-6-13/h2-8,10-12,19H,9H2,1H3,(H,23,24). The molecule has 0 amide bonds. The molecule has 1 aliphatic rings. The van der Waals surface area contributed by atoms with Gasteiger partial charge in [-0.3, -0.25) is 4.79 Å². The number of hydrogen-bond acceptors (Lipinski definition) is 3. The quantitative estimate of drug-likeness (QED) is 0.843. The van der Waals surface area contributed by atoms with Gasteiger partial charge in [0.15, 0.2) is 11.9 Å². The Balaban J connectivity index is 1.90. The maximum atomic E-state index is 13.7. The summed E-state index contributed by atoms with van der Waals surface area (Å²) in [4.78, 5) is 23.8. The molecule has 1 N–H and O–H groups in total. The van der Waals surface area contributed by atoms with E-state index in [4.69, 9.17) is 4.74 Å². The van der Waals surface area contributed by atoms with Gasteiger partial charge in [0.1, 0.15) is 11.9 Å². The first kappa shape index (κ1) is 16.9. The van der Waals surface area contributed by atoms with Gasteiger partial charge in [-0.15, -0.1) is 0 Å². The van der Waals surface area contributed by atoms with Crippen LogP contribution < -0.4 is 4.74 Å². The van der Waals surface area contributed by atoms with Crippen LogP contribution in [0.3, 0.4) is 0 Å². The minimum Gasteiger partial charge on any atom is -0.482 e. The van der Waals surface area contributed by atoms with Gasteiger partial charge in [-0.1, -0.05) is 30.3 Å². The number of carboxylic acid groups (broad SMARTS) is 1. The predicted octanol–water partition coefficient (Wildman–Crippen LogP) is 3.70. The number of ketones is 1. The van der Waals surface area contributed by atoms with Crippen LogP contribution in [-0.4, -0.2) is 29.1 Å². The molecular weight excluding hydrogens is 323 g/mol. The molecule has 2 aromatic rings. The summed E-state index contributed by atoms with van der Waals surface area (Å²) in [6.45, 7) is 1.25. The fourth-order valence-corrected chi connectivity index (χ4v) is 2.80. The van der Waals surface area contributed by atoms with Crippen molar-refractivity contribution in [3.05, 3.63) is 70.8 Å². The van der Waals surface area contributed by atoms with E-state index in [0.717, 1.165) is 5.56 Å². The highest BCUT2D eigenvalue weighted by molar-refractivity contribution is 5.99. The van der Waals surface area contributed by atoms with Gasteiger partial charge in [0.05, 0.1) is 5.57 Å². The van der Waals surface area contributed by atoms with E-state index < -0.39 is 18.2 Å². The van der Waals surface area contributed by atoms with E-state index in [1.165, 1.54) is 13.0 Å². The van der Waals surface area contributed by atoms with Crippen LogP contribution in [0, 0.1) is 0 Å². The highest BCUT2D eigenvalue weighted by Gasteiger charge is 2.32. The lowest BCUT2D eigenvalue weighted by Gasteiger charge is -2.26. The Kier molecular flexibility index (Phi) is 4.65. The van der Waals surface area contributed by atoms with Crippen LogP contribution in [0.4, 0.5) is 4.39 Å². The lowest BCUT2D eigenvalue weighted by Crippen LogP contribution is -2.34. The molecule has 0 radical (unpaired) electrons. The first-order chi connectivity index (χ1) is 12.0. The zero-order chi connectivity index (χ0) is 18.0. The number of fused-ring (bicyclic) bond motifs is 1. The van der Waals surface area contributed by atoms with Crippen molar-refractivity contribution >= 4 is 17.8 Å². The first-order valence-electron chi connectivity index (χ1n) is 7.92. The predicted molar refractivity (Wildman–Crippen MR) is 91.5 cm³/mol. The lowest BCUT2D eigenvalue weighted by atomic mass is 9.96. The van der Waals surface area contributed by atoms with Crippen LogP contribution in [0.15, 0.2) is 54.1 Å². The van der Waals surface area contributed by atoms with Gasteiger partial charge in [0.25, 0.3) is 0 Å². The average molecular weight is 340 g/mol. The van der Waals surface area contributed by atoms with Crippen molar-refractivity contribution in [3.63, 3.8) is 0 Å². The molecule has 128 valence electrons. The second-order valence-corrected chi connectivity index (χ2v) is 5.96. The van der Waals surface area contributed by atoms with E-state index in [0.29, 0.717) is 16.9 Å². The third-order valence-electron chi connectivity index (χ3n) is 4.07. The molecule has 1 heterocycles. The van der Waals surface area contributed by atoms with Gasteiger partial charge in [0.2, 0.25) is 0 Å². The molecule has 0 aromatic heterocycles. The number of alkyl halides is 1. The highest BCUT2D eigenvalue weighted by atomic mass is 19.1. The van der Waals surface area contributed by atoms with Crippen LogP contribution in [0.1, 0.15) is 28.4 Å². The molecule has 0 spiro atoms. The number of carbonyl (C=O) groups is 2. The minimum absolute atomic E-state index is 0.0831. The van der Waals surface area contributed by atoms with Crippen molar-refractivity contribution in [2.45, 2.75) is 25.6 Å². The number of aliphatic carboxylic acids is 1. The fourth-order valence-electron chi connectivity index (χ4n) is 2.80. The van der Waals surface area contributed by atoms with E-state index in [-0.39, 0.29) is 17.8 Å². The molecule has 0 fully saturated rings. The summed E-state index contributed by atoms with van der Waals surface area (Å²) in [5.74, 6) is -0.947. The normalized spacial score (nSPS) is 17.0. The zero-order valence-electron chi connectivity index (χ0n) is 13.6. The van der Waals surface area contributed by atoms with E-state index in [9.17, 15) is 19.1 Å². The van der Waals surface area contributed by atoms with Gasteiger partial charge in [-0.25, -0.2) is 9.18 Å². The van der Waals surface area contributed by atoms with Crippen LogP contribution in [0.5, 0.6) is 5.75 Å². The van der Waals surface area contributed by atoms with Gasteiger partial charge in [0, 0.05) is 17.5 Å². The number of carbonyl (C=O) groups excluding carboxylic acids is 1.